The molecule has 0 saturated heterocycles. The topological polar surface area (TPSA) is 179 Å². The Kier molecular flexibility index (Phi) is 9.32. The summed E-state index contributed by atoms with van der Waals surface area (Å²) in [5.74, 6) is -13.9. The van der Waals surface area contributed by atoms with E-state index in [4.69, 9.17) is 10.5 Å². The zero-order valence-electron chi connectivity index (χ0n) is 24.3. The Morgan fingerprint density at radius 3 is 1.13 bits per heavy atom. The number of pyridine rings is 1. The maximum Gasteiger partial charge on any atom is 0.433 e. The molecule has 0 atom stereocenters. The van der Waals surface area contributed by atoms with Gasteiger partial charge in [-0.2, -0.15) is 63.2 Å². The third kappa shape index (κ3) is 5.65. The number of nitriles is 7. The number of allylic oxidation sites excluding steroid dienone is 6. The second kappa shape index (κ2) is 13.0. The molecule has 1 aromatic heterocycles. The summed E-state index contributed by atoms with van der Waals surface area (Å²) in [5.41, 5.74) is -25.2. The molecule has 0 radical (unpaired) electrons. The van der Waals surface area contributed by atoms with Gasteiger partial charge in [-0.05, 0) is 6.07 Å². The lowest BCUT2D eigenvalue weighted by molar-refractivity contribution is -0.144. The average molecular weight is 726 g/mol. The van der Waals surface area contributed by atoms with Crippen molar-refractivity contribution in [3.8, 4) is 42.5 Å². The van der Waals surface area contributed by atoms with E-state index < -0.39 is 137 Å². The molecule has 0 spiro atoms. The van der Waals surface area contributed by atoms with Gasteiger partial charge in [0.2, 0.25) is 0 Å². The van der Waals surface area contributed by atoms with Gasteiger partial charge in [-0.1, -0.05) is 0 Å². The average Bonchev–Trinajstić information content (AvgIpc) is 3.80. The molecule has 2 aromatic carbocycles. The summed E-state index contributed by atoms with van der Waals surface area (Å²) in [7, 11) is 0. The van der Waals surface area contributed by atoms with Gasteiger partial charge >= 0.3 is 12.4 Å². The van der Waals surface area contributed by atoms with Gasteiger partial charge in [-0.3, -0.25) is 4.98 Å². The zero-order valence-corrected chi connectivity index (χ0v) is 24.3. The number of rotatable bonds is 3. The monoisotopic (exact) mass is 726 g/mol. The normalized spacial score (nSPS) is 15.1. The standard InChI is InChI=1S/C32H2F12N8/c33-25-12(3-46)14(5-48)27(35)29(37)23(25)16(7-50)21-20(11(2-45)10-1-19(32(42,43)44)52-9-18(10)31(39,40)41)22(21)17(8-51)24-26(34)13(4-47)15(6-49)28(36)30(24)38/h1,9H/b20-11-,21-16?,22-17-. The minimum atomic E-state index is -5.65. The van der Waals surface area contributed by atoms with E-state index in [2.05, 4.69) is 4.98 Å². The fraction of sp³-hybridized carbons (Fsp3) is 0.0625. The molecule has 0 unspecified atom stereocenters. The fourth-order valence-electron chi connectivity index (χ4n) is 4.88. The van der Waals surface area contributed by atoms with Crippen LogP contribution in [0, 0.1) is 114 Å². The lowest BCUT2D eigenvalue weighted by Crippen LogP contribution is -2.14. The summed E-state index contributed by atoms with van der Waals surface area (Å²) in [6.07, 6.45) is -11.6. The number of alkyl halides is 6. The van der Waals surface area contributed by atoms with Gasteiger partial charge in [0.25, 0.3) is 0 Å². The van der Waals surface area contributed by atoms with Gasteiger partial charge in [0, 0.05) is 28.5 Å². The number of halogens is 12. The Labute approximate surface area is 280 Å². The van der Waals surface area contributed by atoms with Crippen molar-refractivity contribution in [1.82, 2.24) is 4.98 Å². The third-order valence-electron chi connectivity index (χ3n) is 7.13. The molecule has 0 N–H and O–H groups in total. The molecule has 0 amide bonds. The lowest BCUT2D eigenvalue weighted by Gasteiger charge is -2.14. The van der Waals surface area contributed by atoms with Crippen LogP contribution in [0.3, 0.4) is 0 Å². The molecule has 254 valence electrons. The van der Waals surface area contributed by atoms with E-state index in [1.807, 2.05) is 0 Å². The molecule has 1 fully saturated rings. The van der Waals surface area contributed by atoms with Gasteiger partial charge in [0.1, 0.15) is 70.4 Å². The summed E-state index contributed by atoms with van der Waals surface area (Å²) < 4.78 is 175. The van der Waals surface area contributed by atoms with Crippen LogP contribution in [-0.4, -0.2) is 4.98 Å². The van der Waals surface area contributed by atoms with Crippen LogP contribution in [0.4, 0.5) is 52.7 Å². The Hall–Kier alpha value is -7.60. The molecule has 0 bridgehead atoms. The molecule has 20 heteroatoms. The maximum atomic E-state index is 15.6. The van der Waals surface area contributed by atoms with Crippen LogP contribution < -0.4 is 0 Å². The van der Waals surface area contributed by atoms with Crippen LogP contribution in [0.15, 0.2) is 29.0 Å². The van der Waals surface area contributed by atoms with Crippen molar-refractivity contribution in [2.75, 3.05) is 0 Å². The van der Waals surface area contributed by atoms with Crippen molar-refractivity contribution < 1.29 is 52.7 Å². The zero-order chi connectivity index (χ0) is 39.2. The van der Waals surface area contributed by atoms with Crippen LogP contribution in [-0.2, 0) is 12.4 Å². The quantitative estimate of drug-likeness (QED) is 0.150. The largest absolute Gasteiger partial charge is 0.433 e. The highest BCUT2D eigenvalue weighted by atomic mass is 19.4. The number of aromatic nitrogens is 1. The molecule has 1 saturated carbocycles. The van der Waals surface area contributed by atoms with E-state index in [-0.39, 0.29) is 6.07 Å². The molecular weight excluding hydrogens is 724 g/mol. The Bertz CT molecular complexity index is 2450. The first-order chi connectivity index (χ1) is 24.3. The first kappa shape index (κ1) is 37.2. The van der Waals surface area contributed by atoms with Gasteiger partial charge < -0.3 is 0 Å². The lowest BCUT2D eigenvalue weighted by atomic mass is 9.95. The number of hydrogen-bond donors (Lipinski definition) is 0. The predicted octanol–water partition coefficient (Wildman–Crippen LogP) is 7.69. The second-order valence-electron chi connectivity index (χ2n) is 9.78. The molecule has 0 aliphatic heterocycles. The minimum Gasteiger partial charge on any atom is -0.251 e. The van der Waals surface area contributed by atoms with E-state index in [1.54, 1.807) is 0 Å². The summed E-state index contributed by atoms with van der Waals surface area (Å²) in [6.45, 7) is 0. The van der Waals surface area contributed by atoms with E-state index in [0.29, 0.717) is 0 Å². The van der Waals surface area contributed by atoms with Crippen molar-refractivity contribution in [1.29, 1.82) is 36.8 Å². The van der Waals surface area contributed by atoms with Crippen molar-refractivity contribution in [3.63, 3.8) is 0 Å². The summed E-state index contributed by atoms with van der Waals surface area (Å²) in [4.78, 5) is 2.64. The van der Waals surface area contributed by atoms with Crippen LogP contribution in [0.2, 0.25) is 0 Å². The first-order valence-corrected chi connectivity index (χ1v) is 12.9. The summed E-state index contributed by atoms with van der Waals surface area (Å²) >= 11 is 0. The first-order valence-electron chi connectivity index (χ1n) is 12.9. The van der Waals surface area contributed by atoms with E-state index >= 15 is 17.6 Å². The SMILES string of the molecule is N#CC(=C1C(=C(\C#N)c2cc(C(F)(F)F)ncc2C(F)(F)F)/C1=C(\C#N)c1c(F)c(F)c(C#N)c(C#N)c1F)c1c(F)c(F)c(C#N)c(C#N)c1F. The van der Waals surface area contributed by atoms with Crippen molar-refractivity contribution in [2.45, 2.75) is 12.4 Å². The highest BCUT2D eigenvalue weighted by molar-refractivity contribution is 6.12. The highest BCUT2D eigenvalue weighted by Gasteiger charge is 2.47. The Morgan fingerprint density at radius 2 is 0.827 bits per heavy atom. The van der Waals surface area contributed by atoms with Crippen LogP contribution in [0.25, 0.3) is 16.7 Å². The van der Waals surface area contributed by atoms with Crippen molar-refractivity contribution in [2.24, 2.45) is 0 Å². The van der Waals surface area contributed by atoms with Gasteiger partial charge in [0.15, 0.2) is 34.9 Å². The van der Waals surface area contributed by atoms with Gasteiger partial charge in [-0.15, -0.1) is 0 Å². The van der Waals surface area contributed by atoms with E-state index in [0.717, 1.165) is 42.5 Å². The van der Waals surface area contributed by atoms with Crippen LogP contribution >= 0.6 is 0 Å². The molecule has 52 heavy (non-hydrogen) atoms. The van der Waals surface area contributed by atoms with Crippen LogP contribution in [0.1, 0.15) is 50.2 Å². The van der Waals surface area contributed by atoms with Crippen molar-refractivity contribution in [3.05, 3.63) is 114 Å². The molecule has 1 aliphatic rings. The number of hydrogen-bond acceptors (Lipinski definition) is 8. The minimum absolute atomic E-state index is 0.354. The van der Waals surface area contributed by atoms with Gasteiger partial charge in [0.05, 0.1) is 33.4 Å². The fourth-order valence-corrected chi connectivity index (χ4v) is 4.88. The molecule has 1 heterocycles. The summed E-state index contributed by atoms with van der Waals surface area (Å²) in [6, 6.07) is 6.68. The second-order valence-corrected chi connectivity index (χ2v) is 9.78. The maximum absolute atomic E-state index is 15.6. The smallest absolute Gasteiger partial charge is 0.251 e. The van der Waals surface area contributed by atoms with Crippen molar-refractivity contribution >= 4 is 16.7 Å². The summed E-state index contributed by atoms with van der Waals surface area (Å²) in [5, 5.41) is 66.8. The Balaban J connectivity index is 2.41. The molecule has 8 nitrogen and oxygen atoms in total. The number of nitrogens with zero attached hydrogens (tertiary/aromatic N) is 8. The predicted molar refractivity (Wildman–Crippen MR) is 143 cm³/mol. The molecular formula is C32H2F12N8. The van der Waals surface area contributed by atoms with E-state index in [1.165, 1.54) is 0 Å². The number of benzene rings is 2. The third-order valence-corrected chi connectivity index (χ3v) is 7.13. The van der Waals surface area contributed by atoms with Gasteiger partial charge in [-0.25, -0.2) is 26.3 Å². The molecule has 1 aliphatic carbocycles. The van der Waals surface area contributed by atoms with Crippen LogP contribution in [0.5, 0.6) is 0 Å². The highest BCUT2D eigenvalue weighted by Crippen LogP contribution is 2.57. The molecule has 4 rings (SSSR count). The van der Waals surface area contributed by atoms with E-state index in [9.17, 15) is 61.4 Å². The molecule has 3 aromatic rings. The Morgan fingerprint density at radius 1 is 0.481 bits per heavy atom.